The van der Waals surface area contributed by atoms with Crippen molar-refractivity contribution < 1.29 is 10.2 Å². The number of aliphatic hydroxyl groups excluding tert-OH is 2. The van der Waals surface area contributed by atoms with Gasteiger partial charge in [0.2, 0.25) is 0 Å². The summed E-state index contributed by atoms with van der Waals surface area (Å²) in [6.07, 6.45) is 0.965. The Morgan fingerprint density at radius 3 is 2.43 bits per heavy atom. The standard InChI is InChI=1S/C16H22N2O2S/c1-2-12-10-21-11-15(12)14-9-13(17)3-4-16(14)18(5-7-19)6-8-20/h3-4,9-11,19-20H,2,5-8,17H2,1H3. The number of hydrogen-bond acceptors (Lipinski definition) is 5. The third-order valence-electron chi connectivity index (χ3n) is 3.51. The summed E-state index contributed by atoms with van der Waals surface area (Å²) in [7, 11) is 0. The lowest BCUT2D eigenvalue weighted by atomic mass is 10.00. The number of hydrogen-bond donors (Lipinski definition) is 3. The fraction of sp³-hybridized carbons (Fsp3) is 0.375. The maximum absolute atomic E-state index is 9.26. The van der Waals surface area contributed by atoms with Gasteiger partial charge in [0.15, 0.2) is 0 Å². The van der Waals surface area contributed by atoms with Crippen LogP contribution in [0.3, 0.4) is 0 Å². The Kier molecular flexibility index (Phi) is 5.61. The number of benzene rings is 1. The molecule has 114 valence electrons. The van der Waals surface area contributed by atoms with Crippen LogP contribution in [0, 0.1) is 0 Å². The lowest BCUT2D eigenvalue weighted by Gasteiger charge is -2.26. The molecule has 0 bridgehead atoms. The Bertz CT molecular complexity index is 577. The van der Waals surface area contributed by atoms with Gasteiger partial charge in [-0.05, 0) is 46.5 Å². The number of rotatable bonds is 7. The Labute approximate surface area is 129 Å². The normalized spacial score (nSPS) is 10.8. The molecule has 0 saturated heterocycles. The van der Waals surface area contributed by atoms with Gasteiger partial charge in [0.1, 0.15) is 0 Å². The molecule has 0 atom stereocenters. The SMILES string of the molecule is CCc1cscc1-c1cc(N)ccc1N(CCO)CCO. The number of nitrogens with zero attached hydrogens (tertiary/aromatic N) is 1. The zero-order valence-corrected chi connectivity index (χ0v) is 13.1. The predicted molar refractivity (Wildman–Crippen MR) is 89.9 cm³/mol. The molecule has 2 rings (SSSR count). The monoisotopic (exact) mass is 306 g/mol. The van der Waals surface area contributed by atoms with Gasteiger partial charge in [-0.2, -0.15) is 11.3 Å². The average molecular weight is 306 g/mol. The molecule has 0 aliphatic carbocycles. The third-order valence-corrected chi connectivity index (χ3v) is 4.31. The summed E-state index contributed by atoms with van der Waals surface area (Å²) in [5.74, 6) is 0. The molecule has 0 radical (unpaired) electrons. The van der Waals surface area contributed by atoms with E-state index in [-0.39, 0.29) is 13.2 Å². The first-order chi connectivity index (χ1) is 10.2. The van der Waals surface area contributed by atoms with Gasteiger partial charge in [0, 0.05) is 30.0 Å². The maximum Gasteiger partial charge on any atom is 0.0606 e. The second-order valence-electron chi connectivity index (χ2n) is 4.88. The highest BCUT2D eigenvalue weighted by atomic mass is 32.1. The number of anilines is 2. The minimum Gasteiger partial charge on any atom is -0.399 e. The number of aliphatic hydroxyl groups is 2. The molecule has 21 heavy (non-hydrogen) atoms. The second kappa shape index (κ2) is 7.45. The quantitative estimate of drug-likeness (QED) is 0.687. The van der Waals surface area contributed by atoms with E-state index in [2.05, 4.69) is 17.7 Å². The van der Waals surface area contributed by atoms with Crippen LogP contribution in [0.1, 0.15) is 12.5 Å². The molecule has 0 aliphatic heterocycles. The van der Waals surface area contributed by atoms with Crippen molar-refractivity contribution >= 4 is 22.7 Å². The van der Waals surface area contributed by atoms with Crippen molar-refractivity contribution in [1.29, 1.82) is 0 Å². The molecule has 4 N–H and O–H groups in total. The minimum atomic E-state index is 0.0497. The van der Waals surface area contributed by atoms with E-state index in [4.69, 9.17) is 5.73 Å². The Morgan fingerprint density at radius 2 is 1.81 bits per heavy atom. The highest BCUT2D eigenvalue weighted by Crippen LogP contribution is 2.36. The highest BCUT2D eigenvalue weighted by Gasteiger charge is 2.15. The van der Waals surface area contributed by atoms with Gasteiger partial charge in [-0.25, -0.2) is 0 Å². The number of thiophene rings is 1. The lowest BCUT2D eigenvalue weighted by Crippen LogP contribution is -2.30. The number of aryl methyl sites for hydroxylation is 1. The largest absolute Gasteiger partial charge is 0.399 e. The summed E-state index contributed by atoms with van der Waals surface area (Å²) in [5, 5.41) is 22.8. The summed E-state index contributed by atoms with van der Waals surface area (Å²) < 4.78 is 0. The fourth-order valence-electron chi connectivity index (χ4n) is 2.47. The van der Waals surface area contributed by atoms with E-state index in [1.165, 1.54) is 11.1 Å². The van der Waals surface area contributed by atoms with E-state index < -0.39 is 0 Å². The van der Waals surface area contributed by atoms with Gasteiger partial charge in [-0.1, -0.05) is 6.92 Å². The van der Waals surface area contributed by atoms with Crippen molar-refractivity contribution in [1.82, 2.24) is 0 Å². The van der Waals surface area contributed by atoms with Gasteiger partial charge >= 0.3 is 0 Å². The Morgan fingerprint density at radius 1 is 1.10 bits per heavy atom. The maximum atomic E-state index is 9.26. The summed E-state index contributed by atoms with van der Waals surface area (Å²) in [4.78, 5) is 1.99. The third kappa shape index (κ3) is 3.56. The first kappa shape index (κ1) is 15.8. The number of nitrogen functional groups attached to an aromatic ring is 1. The highest BCUT2D eigenvalue weighted by molar-refractivity contribution is 7.08. The van der Waals surface area contributed by atoms with Crippen LogP contribution in [0.25, 0.3) is 11.1 Å². The van der Waals surface area contributed by atoms with Gasteiger partial charge < -0.3 is 20.8 Å². The van der Waals surface area contributed by atoms with Crippen LogP contribution in [0.4, 0.5) is 11.4 Å². The minimum absolute atomic E-state index is 0.0497. The van der Waals surface area contributed by atoms with Crippen LogP contribution < -0.4 is 10.6 Å². The van der Waals surface area contributed by atoms with Crippen LogP contribution in [-0.2, 0) is 6.42 Å². The molecule has 2 aromatic rings. The predicted octanol–water partition coefficient (Wildman–Crippen LogP) is 2.35. The van der Waals surface area contributed by atoms with Gasteiger partial charge in [-0.3, -0.25) is 0 Å². The van der Waals surface area contributed by atoms with E-state index >= 15 is 0 Å². The topological polar surface area (TPSA) is 69.7 Å². The Balaban J connectivity index is 2.51. The molecule has 1 aromatic heterocycles. The van der Waals surface area contributed by atoms with Crippen molar-refractivity contribution in [3.8, 4) is 11.1 Å². The van der Waals surface area contributed by atoms with Crippen LogP contribution in [-0.4, -0.2) is 36.5 Å². The molecular formula is C16H22N2O2S. The summed E-state index contributed by atoms with van der Waals surface area (Å²) >= 11 is 1.68. The molecule has 0 saturated carbocycles. The molecule has 0 fully saturated rings. The molecule has 0 aliphatic rings. The van der Waals surface area contributed by atoms with E-state index in [9.17, 15) is 10.2 Å². The second-order valence-corrected chi connectivity index (χ2v) is 5.62. The molecule has 5 heteroatoms. The smallest absolute Gasteiger partial charge is 0.0606 e. The average Bonchev–Trinajstić information content (AvgIpc) is 2.95. The molecule has 0 amide bonds. The van der Waals surface area contributed by atoms with Crippen molar-refractivity contribution in [2.75, 3.05) is 36.9 Å². The molecule has 1 heterocycles. The van der Waals surface area contributed by atoms with Crippen molar-refractivity contribution in [3.05, 3.63) is 34.5 Å². The lowest BCUT2D eigenvalue weighted by molar-refractivity contribution is 0.281. The van der Waals surface area contributed by atoms with Crippen molar-refractivity contribution in [3.63, 3.8) is 0 Å². The van der Waals surface area contributed by atoms with E-state index in [1.807, 2.05) is 23.1 Å². The van der Waals surface area contributed by atoms with Crippen LogP contribution in [0.5, 0.6) is 0 Å². The Hall–Kier alpha value is -1.56. The van der Waals surface area contributed by atoms with Crippen LogP contribution >= 0.6 is 11.3 Å². The fourth-order valence-corrected chi connectivity index (χ4v) is 3.41. The van der Waals surface area contributed by atoms with Crippen LogP contribution in [0.15, 0.2) is 29.0 Å². The summed E-state index contributed by atoms with van der Waals surface area (Å²) in [5.41, 5.74) is 11.2. The van der Waals surface area contributed by atoms with Gasteiger partial charge in [0.25, 0.3) is 0 Å². The molecule has 1 aromatic carbocycles. The molecule has 0 spiro atoms. The van der Waals surface area contributed by atoms with Crippen LogP contribution in [0.2, 0.25) is 0 Å². The molecule has 0 unspecified atom stereocenters. The zero-order valence-electron chi connectivity index (χ0n) is 12.2. The van der Waals surface area contributed by atoms with Gasteiger partial charge in [0.05, 0.1) is 13.2 Å². The van der Waals surface area contributed by atoms with Crippen molar-refractivity contribution in [2.24, 2.45) is 0 Å². The van der Waals surface area contributed by atoms with Crippen molar-refractivity contribution in [2.45, 2.75) is 13.3 Å². The summed E-state index contributed by atoms with van der Waals surface area (Å²) in [6.45, 7) is 3.21. The number of nitrogens with two attached hydrogens (primary N) is 1. The first-order valence-electron chi connectivity index (χ1n) is 7.12. The first-order valence-corrected chi connectivity index (χ1v) is 8.07. The van der Waals surface area contributed by atoms with E-state index in [1.54, 1.807) is 11.3 Å². The van der Waals surface area contributed by atoms with Gasteiger partial charge in [-0.15, -0.1) is 0 Å². The van der Waals surface area contributed by atoms with E-state index in [0.717, 1.165) is 23.4 Å². The zero-order chi connectivity index (χ0) is 15.2. The molecule has 4 nitrogen and oxygen atoms in total. The summed E-state index contributed by atoms with van der Waals surface area (Å²) in [6, 6.07) is 5.80. The van der Waals surface area contributed by atoms with E-state index in [0.29, 0.717) is 13.1 Å². The molecular weight excluding hydrogens is 284 g/mol.